The van der Waals surface area contributed by atoms with Crippen LogP contribution in [0.25, 0.3) is 20.7 Å². The summed E-state index contributed by atoms with van der Waals surface area (Å²) in [4.78, 5) is 48.6. The summed E-state index contributed by atoms with van der Waals surface area (Å²) in [7, 11) is 0. The van der Waals surface area contributed by atoms with Crippen molar-refractivity contribution >= 4 is 55.0 Å². The minimum Gasteiger partial charge on any atom is -0.362 e. The number of hydrogen-bond donors (Lipinski definition) is 5. The second kappa shape index (κ2) is 25.8. The van der Waals surface area contributed by atoms with Gasteiger partial charge in [-0.3, -0.25) is 9.97 Å². The van der Waals surface area contributed by atoms with Crippen LogP contribution < -0.4 is 21.3 Å². The highest BCUT2D eigenvalue weighted by Crippen LogP contribution is 2.41. The molecule has 20 heteroatoms. The number of nitrogens with zero attached hydrogens (tertiary/aromatic N) is 11. The maximum Gasteiger partial charge on any atom is 0.157 e. The second-order valence-corrected chi connectivity index (χ2v) is 19.2. The molecule has 0 aliphatic heterocycles. The molecular weight excluding hydrogens is 999 g/mol. The molecule has 8 heterocycles. The van der Waals surface area contributed by atoms with Crippen LogP contribution in [0.3, 0.4) is 0 Å². The molecule has 8 aromatic heterocycles. The van der Waals surface area contributed by atoms with Gasteiger partial charge in [0.1, 0.15) is 62.2 Å². The van der Waals surface area contributed by atoms with E-state index >= 15 is 0 Å². The number of anilines is 2. The predicted molar refractivity (Wildman–Crippen MR) is 296 cm³/mol. The first-order chi connectivity index (χ1) is 37.0. The fourth-order valence-electron chi connectivity index (χ4n) is 8.76. The van der Waals surface area contributed by atoms with E-state index in [-0.39, 0.29) is 32.2 Å². The normalized spacial score (nSPS) is 11.3. The number of rotatable bonds is 22. The summed E-state index contributed by atoms with van der Waals surface area (Å²) < 4.78 is 30.1. The topological polar surface area (TPSA) is 198 Å². The minimum absolute atomic E-state index is 0. The lowest BCUT2D eigenvalue weighted by atomic mass is 9.76. The highest BCUT2D eigenvalue weighted by atomic mass is 32.1. The fraction of sp³-hybridized carbons (Fsp3) is 0.214. The molecule has 0 saturated heterocycles. The van der Waals surface area contributed by atoms with Gasteiger partial charge in [-0.25, -0.2) is 48.7 Å². The first-order valence-corrected chi connectivity index (χ1v) is 26.1. The maximum absolute atomic E-state index is 14.1. The molecule has 3 aromatic carbocycles. The summed E-state index contributed by atoms with van der Waals surface area (Å²) >= 11 is 3.08. The third-order valence-electron chi connectivity index (χ3n) is 12.3. The van der Waals surface area contributed by atoms with E-state index in [2.05, 4.69) is 168 Å². The van der Waals surface area contributed by atoms with Crippen molar-refractivity contribution in [3.05, 3.63) is 226 Å². The van der Waals surface area contributed by atoms with Crippen LogP contribution >= 0.6 is 22.7 Å². The van der Waals surface area contributed by atoms with Crippen LogP contribution in [0.5, 0.6) is 0 Å². The number of nitrogens with one attached hydrogen (secondary N) is 5. The van der Waals surface area contributed by atoms with Crippen LogP contribution in [0.1, 0.15) is 57.2 Å². The maximum atomic E-state index is 14.1. The van der Waals surface area contributed by atoms with Crippen molar-refractivity contribution in [2.24, 2.45) is 0 Å². The number of pyridine rings is 2. The van der Waals surface area contributed by atoms with E-state index in [0.29, 0.717) is 34.1 Å². The van der Waals surface area contributed by atoms with Gasteiger partial charge in [-0.1, -0.05) is 121 Å². The lowest BCUT2D eigenvalue weighted by Crippen LogP contribution is -2.39. The summed E-state index contributed by atoms with van der Waals surface area (Å²) in [5.74, 6) is 2.42. The monoisotopic (exact) mass is 1050 g/mol. The lowest BCUT2D eigenvalue weighted by molar-refractivity contribution is 0.487. The van der Waals surface area contributed by atoms with Crippen LogP contribution in [0, 0.1) is 11.6 Å². The van der Waals surface area contributed by atoms with Gasteiger partial charge in [0, 0.05) is 89.0 Å². The molecule has 11 aromatic rings. The van der Waals surface area contributed by atoms with Crippen molar-refractivity contribution in [3.8, 4) is 0 Å². The minimum atomic E-state index is -0.592. The zero-order valence-electron chi connectivity index (χ0n) is 40.7. The van der Waals surface area contributed by atoms with Gasteiger partial charge in [-0.2, -0.15) is 0 Å². The summed E-state index contributed by atoms with van der Waals surface area (Å²) in [6.45, 7) is 3.61. The average molecular weight is 1060 g/mol. The van der Waals surface area contributed by atoms with Gasteiger partial charge in [-0.05, 0) is 41.0 Å². The number of thiazole rings is 2. The standard InChI is InChI=1S/C37H33FN8S.C18H19FN8S.CH4/c38-30-17-10-20-40-31(30)25-42-35-34-36(44-26-43-35)47-33(45-34)19-22-39-21-18-32-41-23-24-46(32)37(27-11-4-1-5-12-27,28-13-6-2-7-14-28)29-15-8-3-9-16-29;19-12-2-1-5-21-13(12)10-24-17-16-18(26-11-25-17)28-15(27-16)4-7-20-6-3-14-22-8-9-23-14;/h1-17,20,23-24,26,39H,18-19,21-22,25H2,(H,42,43,44);1-2,5,8-9,11,20H,3-4,6-7,10H2,(H,22,23)(H,24,25,26);1H4. The van der Waals surface area contributed by atoms with Crippen molar-refractivity contribution in [2.75, 3.05) is 36.8 Å². The van der Waals surface area contributed by atoms with Crippen LogP contribution in [-0.2, 0) is 44.3 Å². The first kappa shape index (κ1) is 52.6. The van der Waals surface area contributed by atoms with E-state index in [9.17, 15) is 8.78 Å². The molecule has 16 nitrogen and oxygen atoms in total. The van der Waals surface area contributed by atoms with Gasteiger partial charge < -0.3 is 30.8 Å². The number of H-pyrrole nitrogens is 1. The molecule has 386 valence electrons. The third kappa shape index (κ3) is 12.4. The number of benzene rings is 3. The number of aromatic nitrogens is 12. The third-order valence-corrected chi connectivity index (χ3v) is 14.3. The Labute approximate surface area is 446 Å². The second-order valence-electron chi connectivity index (χ2n) is 17.1. The number of imidazole rings is 2. The number of hydrogen-bond acceptors (Lipinski definition) is 16. The summed E-state index contributed by atoms with van der Waals surface area (Å²) in [6.07, 6.45) is 16.8. The van der Waals surface area contributed by atoms with Crippen molar-refractivity contribution < 1.29 is 8.78 Å². The van der Waals surface area contributed by atoms with Crippen molar-refractivity contribution in [3.63, 3.8) is 0 Å². The van der Waals surface area contributed by atoms with Crippen LogP contribution in [0.15, 0.2) is 165 Å². The Kier molecular flexibility index (Phi) is 17.8. The van der Waals surface area contributed by atoms with Gasteiger partial charge in [0.15, 0.2) is 11.6 Å². The molecule has 0 spiro atoms. The quantitative estimate of drug-likeness (QED) is 0.0318. The first-order valence-electron chi connectivity index (χ1n) is 24.5. The summed E-state index contributed by atoms with van der Waals surface area (Å²) in [5, 5.41) is 15.2. The van der Waals surface area contributed by atoms with E-state index < -0.39 is 5.54 Å². The molecule has 0 aliphatic rings. The molecule has 5 N–H and O–H groups in total. The Morgan fingerprint density at radius 1 is 0.500 bits per heavy atom. The molecule has 0 radical (unpaired) electrons. The summed E-state index contributed by atoms with van der Waals surface area (Å²) in [5.41, 5.74) is 4.97. The fourth-order valence-corrected chi connectivity index (χ4v) is 10.6. The molecule has 0 amide bonds. The van der Waals surface area contributed by atoms with Crippen molar-refractivity contribution in [1.29, 1.82) is 0 Å². The largest absolute Gasteiger partial charge is 0.362 e. The van der Waals surface area contributed by atoms with E-state index in [1.807, 2.05) is 12.4 Å². The molecule has 0 fully saturated rings. The highest BCUT2D eigenvalue weighted by molar-refractivity contribution is 7.18. The van der Waals surface area contributed by atoms with Crippen molar-refractivity contribution in [1.82, 2.24) is 70.0 Å². The molecule has 76 heavy (non-hydrogen) atoms. The predicted octanol–water partition coefficient (Wildman–Crippen LogP) is 9.61. The van der Waals surface area contributed by atoms with Gasteiger partial charge in [0.05, 0.1) is 34.5 Å². The number of aromatic amines is 1. The zero-order valence-corrected chi connectivity index (χ0v) is 42.3. The number of fused-ring (bicyclic) bond motifs is 2. The lowest BCUT2D eigenvalue weighted by Gasteiger charge is -2.38. The van der Waals surface area contributed by atoms with Crippen LogP contribution in [-0.4, -0.2) is 85.6 Å². The van der Waals surface area contributed by atoms with E-state index in [0.717, 1.165) is 83.2 Å². The van der Waals surface area contributed by atoms with Gasteiger partial charge in [0.2, 0.25) is 0 Å². The Balaban J connectivity index is 0.000000208. The van der Waals surface area contributed by atoms with Gasteiger partial charge in [0.25, 0.3) is 0 Å². The number of halogens is 2. The van der Waals surface area contributed by atoms with Gasteiger partial charge >= 0.3 is 0 Å². The molecule has 0 aliphatic carbocycles. The Morgan fingerprint density at radius 2 is 0.987 bits per heavy atom. The SMILES string of the molecule is C.Fc1cccnc1CNc1ncnc2sc(CCNCCc3ncc[nH]3)nc12.Fc1cccnc1CNc1ncnc2sc(CCNCCc3nccn3C(c3ccccc3)(c3ccccc3)c3ccccc3)nc12. The Morgan fingerprint density at radius 3 is 1.46 bits per heavy atom. The van der Waals surface area contributed by atoms with Crippen LogP contribution in [0.2, 0.25) is 0 Å². The molecule has 0 atom stereocenters. The average Bonchev–Trinajstić information content (AvgIpc) is 4.31. The molecule has 11 rings (SSSR count). The highest BCUT2D eigenvalue weighted by Gasteiger charge is 2.39. The molecule has 0 saturated carbocycles. The molecule has 0 unspecified atom stereocenters. The smallest absolute Gasteiger partial charge is 0.157 e. The zero-order chi connectivity index (χ0) is 51.1. The Hall–Kier alpha value is -8.30. The Bertz CT molecular complexity index is 3420. The van der Waals surface area contributed by atoms with Crippen LogP contribution in [0.4, 0.5) is 20.4 Å². The van der Waals surface area contributed by atoms with Gasteiger partial charge in [-0.15, -0.1) is 0 Å². The van der Waals surface area contributed by atoms with Crippen molar-refractivity contribution in [2.45, 2.75) is 51.7 Å². The van der Waals surface area contributed by atoms with E-state index in [4.69, 9.17) is 9.97 Å². The van der Waals surface area contributed by atoms with E-state index in [1.54, 1.807) is 53.4 Å². The molecular formula is C56H56F2N16S2. The molecule has 0 bridgehead atoms. The van der Waals surface area contributed by atoms with E-state index in [1.165, 1.54) is 41.5 Å². The summed E-state index contributed by atoms with van der Waals surface area (Å²) in [6, 6.07) is 37.9.